The van der Waals surface area contributed by atoms with E-state index < -0.39 is 0 Å². The van der Waals surface area contributed by atoms with Crippen molar-refractivity contribution >= 4 is 23.5 Å². The maximum atomic E-state index is 2.27. The summed E-state index contributed by atoms with van der Waals surface area (Å²) in [6.07, 6.45) is 0. The summed E-state index contributed by atoms with van der Waals surface area (Å²) in [5, 5.41) is 0. The summed E-state index contributed by atoms with van der Waals surface area (Å²) in [6.45, 7) is 0. The van der Waals surface area contributed by atoms with Crippen LogP contribution in [0.1, 0.15) is 0 Å². The Bertz CT molecular complexity index is 25.2. The van der Waals surface area contributed by atoms with E-state index in [-0.39, 0.29) is 18.9 Å². The summed E-state index contributed by atoms with van der Waals surface area (Å²) in [4.78, 5) is 0. The standard InChI is InChI=1S/C4H7S2.Li/c1-2-6-4-3-5-1;/h1H,2-4H2;/q-1;+1. The molecular formula is C4H7LiS2. The fraction of sp³-hybridized carbons (Fsp3) is 0.750. The van der Waals surface area contributed by atoms with Crippen LogP contribution in [0.3, 0.4) is 0 Å². The average Bonchev–Trinajstić information content (AvgIpc) is 1.72. The second kappa shape index (κ2) is 5.43. The molecule has 0 N–H and O–H groups in total. The summed E-state index contributed by atoms with van der Waals surface area (Å²) in [5.74, 6) is 6.20. The molecule has 0 bridgehead atoms. The first kappa shape index (κ1) is 8.30. The predicted octanol–water partition coefficient (Wildman–Crippen LogP) is -1.37. The monoisotopic (exact) mass is 126 g/mol. The van der Waals surface area contributed by atoms with Gasteiger partial charge in [-0.15, -0.1) is 5.75 Å². The van der Waals surface area contributed by atoms with Gasteiger partial charge >= 0.3 is 18.9 Å². The molecule has 1 rings (SSSR count). The first-order valence-electron chi connectivity index (χ1n) is 2.01. The van der Waals surface area contributed by atoms with E-state index in [4.69, 9.17) is 0 Å². The van der Waals surface area contributed by atoms with Crippen LogP contribution < -0.4 is 18.9 Å². The molecule has 0 aromatic carbocycles. The van der Waals surface area contributed by atoms with Gasteiger partial charge in [0.1, 0.15) is 0 Å². The number of hydrogen-bond acceptors (Lipinski definition) is 2. The maximum Gasteiger partial charge on any atom is 1.00 e. The second-order valence-electron chi connectivity index (χ2n) is 1.11. The summed E-state index contributed by atoms with van der Waals surface area (Å²) < 4.78 is 0. The summed E-state index contributed by atoms with van der Waals surface area (Å²) in [7, 11) is 0. The fourth-order valence-electron chi connectivity index (χ4n) is 0.370. The molecule has 1 fully saturated rings. The third kappa shape index (κ3) is 3.85. The van der Waals surface area contributed by atoms with E-state index in [0.29, 0.717) is 0 Å². The average molecular weight is 126 g/mol. The van der Waals surface area contributed by atoms with Gasteiger partial charge in [-0.3, -0.25) is 5.75 Å². The van der Waals surface area contributed by atoms with Gasteiger partial charge in [0.25, 0.3) is 0 Å². The molecule has 0 radical (unpaired) electrons. The van der Waals surface area contributed by atoms with Crippen molar-refractivity contribution in [2.24, 2.45) is 0 Å². The summed E-state index contributed by atoms with van der Waals surface area (Å²) in [6, 6.07) is 0. The van der Waals surface area contributed by atoms with Crippen molar-refractivity contribution in [3.63, 3.8) is 0 Å². The Balaban J connectivity index is 0.000000360. The molecule has 0 aromatic rings. The van der Waals surface area contributed by atoms with Gasteiger partial charge in [-0.2, -0.15) is 11.8 Å². The summed E-state index contributed by atoms with van der Waals surface area (Å²) >= 11 is 3.97. The third-order valence-electron chi connectivity index (χ3n) is 0.649. The predicted molar refractivity (Wildman–Crippen MR) is 34.1 cm³/mol. The first-order chi connectivity index (χ1) is 3.00. The third-order valence-corrected chi connectivity index (χ3v) is 2.86. The molecule has 1 saturated heterocycles. The molecule has 0 spiro atoms. The largest absolute Gasteiger partial charge is 1.00 e. The number of thioether (sulfide) groups is 2. The van der Waals surface area contributed by atoms with Crippen molar-refractivity contribution in [2.75, 3.05) is 17.3 Å². The van der Waals surface area contributed by atoms with Crippen LogP contribution in [0.15, 0.2) is 0 Å². The SMILES string of the molecule is [CH-]1CSCCS1.[Li+]. The van der Waals surface area contributed by atoms with E-state index in [0.717, 1.165) is 0 Å². The van der Waals surface area contributed by atoms with Crippen LogP contribution in [0.25, 0.3) is 0 Å². The first-order valence-corrected chi connectivity index (χ1v) is 4.21. The van der Waals surface area contributed by atoms with Gasteiger partial charge in [-0.05, 0) is 11.5 Å². The molecule has 0 aromatic heterocycles. The smallest absolute Gasteiger partial charge is 0.350 e. The summed E-state index contributed by atoms with van der Waals surface area (Å²) in [5.41, 5.74) is 0. The van der Waals surface area contributed by atoms with Crippen LogP contribution >= 0.6 is 23.5 Å². The van der Waals surface area contributed by atoms with E-state index in [1.54, 1.807) is 0 Å². The van der Waals surface area contributed by atoms with E-state index in [1.165, 1.54) is 17.3 Å². The van der Waals surface area contributed by atoms with Gasteiger partial charge in [-0.25, -0.2) is 0 Å². The van der Waals surface area contributed by atoms with Crippen LogP contribution in [-0.2, 0) is 0 Å². The van der Waals surface area contributed by atoms with Crippen LogP contribution in [-0.4, -0.2) is 17.3 Å². The molecule has 1 aliphatic rings. The Labute approximate surface area is 65.4 Å². The molecule has 0 amide bonds. The second-order valence-corrected chi connectivity index (χ2v) is 3.34. The van der Waals surface area contributed by atoms with Crippen LogP contribution in [0.4, 0.5) is 0 Å². The van der Waals surface area contributed by atoms with Crippen molar-refractivity contribution in [3.05, 3.63) is 5.75 Å². The molecule has 7 heavy (non-hydrogen) atoms. The number of hydrogen-bond donors (Lipinski definition) is 0. The molecule has 3 heteroatoms. The minimum absolute atomic E-state index is 0. The Morgan fingerprint density at radius 2 is 2.14 bits per heavy atom. The Kier molecular flexibility index (Phi) is 6.44. The van der Waals surface area contributed by atoms with Gasteiger partial charge in [-0.1, -0.05) is 0 Å². The van der Waals surface area contributed by atoms with Crippen molar-refractivity contribution in [2.45, 2.75) is 0 Å². The Hall–Kier alpha value is 1.30. The van der Waals surface area contributed by atoms with E-state index in [9.17, 15) is 0 Å². The maximum absolute atomic E-state index is 2.27. The normalized spacial score (nSPS) is 20.6. The van der Waals surface area contributed by atoms with Crippen molar-refractivity contribution < 1.29 is 18.9 Å². The molecule has 0 nitrogen and oxygen atoms in total. The van der Waals surface area contributed by atoms with Crippen molar-refractivity contribution in [3.8, 4) is 0 Å². The topological polar surface area (TPSA) is 0 Å². The quantitative estimate of drug-likeness (QED) is 0.290. The molecule has 1 heterocycles. The van der Waals surface area contributed by atoms with Crippen molar-refractivity contribution in [1.82, 2.24) is 0 Å². The Morgan fingerprint density at radius 1 is 1.29 bits per heavy atom. The van der Waals surface area contributed by atoms with E-state index in [1.807, 2.05) is 23.5 Å². The zero-order valence-corrected chi connectivity index (χ0v) is 6.15. The molecular weight excluding hydrogens is 119 g/mol. The molecule has 0 aliphatic carbocycles. The van der Waals surface area contributed by atoms with E-state index >= 15 is 0 Å². The minimum atomic E-state index is 0. The van der Waals surface area contributed by atoms with Gasteiger partial charge in [0.2, 0.25) is 0 Å². The van der Waals surface area contributed by atoms with Gasteiger partial charge in [0, 0.05) is 0 Å². The molecule has 0 atom stereocenters. The van der Waals surface area contributed by atoms with Crippen LogP contribution in [0.5, 0.6) is 0 Å². The van der Waals surface area contributed by atoms with Gasteiger partial charge in [0.05, 0.1) is 0 Å². The zero-order valence-electron chi connectivity index (χ0n) is 4.52. The van der Waals surface area contributed by atoms with E-state index in [2.05, 4.69) is 5.75 Å². The number of rotatable bonds is 0. The molecule has 36 valence electrons. The van der Waals surface area contributed by atoms with Crippen LogP contribution in [0, 0.1) is 5.75 Å². The molecule has 1 aliphatic heterocycles. The fourth-order valence-corrected chi connectivity index (χ4v) is 2.33. The Morgan fingerprint density at radius 3 is 2.29 bits per heavy atom. The van der Waals surface area contributed by atoms with Gasteiger partial charge in [0.15, 0.2) is 0 Å². The van der Waals surface area contributed by atoms with Gasteiger partial charge < -0.3 is 11.8 Å². The zero-order chi connectivity index (χ0) is 4.24. The van der Waals surface area contributed by atoms with Crippen molar-refractivity contribution in [1.29, 1.82) is 0 Å². The molecule has 0 unspecified atom stereocenters. The minimum Gasteiger partial charge on any atom is -0.350 e. The van der Waals surface area contributed by atoms with Crippen LogP contribution in [0.2, 0.25) is 0 Å². The molecule has 0 saturated carbocycles.